The fourth-order valence-electron chi connectivity index (χ4n) is 9.35. The van der Waals surface area contributed by atoms with Gasteiger partial charge < -0.3 is 86.5 Å². The minimum atomic E-state index is -1.82. The van der Waals surface area contributed by atoms with Crippen molar-refractivity contribution in [2.75, 3.05) is 6.54 Å². The maximum atomic E-state index is 14.8. The van der Waals surface area contributed by atoms with Gasteiger partial charge in [0.15, 0.2) is 5.96 Å². The molecule has 0 heterocycles. The lowest BCUT2D eigenvalue weighted by atomic mass is 9.99. The molecular weight excluding hydrogens is 1160 g/mol. The van der Waals surface area contributed by atoms with Crippen LogP contribution in [-0.4, -0.2) is 147 Å². The van der Waals surface area contributed by atoms with Gasteiger partial charge in [-0.3, -0.25) is 52.9 Å². The Morgan fingerprint density at radius 1 is 0.400 bits per heavy atom. The van der Waals surface area contributed by atoms with E-state index in [2.05, 4.69) is 47.5 Å². The number of aromatic hydroxyl groups is 2. The quantitative estimate of drug-likeness (QED) is 0.0140. The largest absolute Gasteiger partial charge is 0.508 e. The number of aliphatic imine (C=N–C) groups is 1. The molecule has 28 nitrogen and oxygen atoms in total. The number of carboxylic acids is 1. The third-order valence-corrected chi connectivity index (χ3v) is 13.9. The topological polar surface area (TPSA) is 487 Å². The summed E-state index contributed by atoms with van der Waals surface area (Å²) in [5, 5.41) is 50.8. The van der Waals surface area contributed by atoms with E-state index in [1.54, 1.807) is 88.4 Å². The van der Waals surface area contributed by atoms with E-state index < -0.39 is 132 Å². The van der Waals surface area contributed by atoms with Gasteiger partial charge in [0.2, 0.25) is 59.1 Å². The minimum absolute atomic E-state index is 0.0195. The number of hydrogen-bond donors (Lipinski definition) is 16. The molecule has 0 aliphatic rings. The van der Waals surface area contributed by atoms with Gasteiger partial charge in [-0.2, -0.15) is 0 Å². The number of rotatable bonds is 37. The van der Waals surface area contributed by atoms with Crippen LogP contribution in [0.15, 0.2) is 114 Å². The molecule has 0 spiro atoms. The number of carboxylic acid groups (broad SMARTS) is 1. The Morgan fingerprint density at radius 2 is 0.711 bits per heavy atom. The number of nitrogens with zero attached hydrogens (tertiary/aromatic N) is 1. The predicted octanol–water partition coefficient (Wildman–Crippen LogP) is -1.44. The fraction of sp³-hybridized carbons (Fsp3) is 0.419. The molecular formula is C62H84N14O14. The zero-order valence-electron chi connectivity index (χ0n) is 50.7. The molecule has 4 aromatic carbocycles. The number of nitrogens with one attached hydrogen (secondary N) is 8. The van der Waals surface area contributed by atoms with E-state index in [1.807, 2.05) is 0 Å². The molecule has 0 radical (unpaired) electrons. The van der Waals surface area contributed by atoms with Gasteiger partial charge in [0.05, 0.1) is 18.9 Å². The summed E-state index contributed by atoms with van der Waals surface area (Å²) in [7, 11) is 0. The predicted molar refractivity (Wildman–Crippen MR) is 331 cm³/mol. The summed E-state index contributed by atoms with van der Waals surface area (Å²) in [4.78, 5) is 155. The molecule has 486 valence electrons. The molecule has 10 amide bonds. The highest BCUT2D eigenvalue weighted by molar-refractivity contribution is 5.99. The molecule has 21 N–H and O–H groups in total. The maximum Gasteiger partial charge on any atom is 0.326 e. The van der Waals surface area contributed by atoms with Gasteiger partial charge in [-0.15, -0.1) is 0 Å². The van der Waals surface area contributed by atoms with Crippen molar-refractivity contribution in [2.24, 2.45) is 45.5 Å². The summed E-state index contributed by atoms with van der Waals surface area (Å²) < 4.78 is 0. The molecule has 28 heteroatoms. The number of primary amides is 2. The van der Waals surface area contributed by atoms with E-state index >= 15 is 0 Å². The molecule has 0 aliphatic heterocycles. The first-order valence-electron chi connectivity index (χ1n) is 29.2. The van der Waals surface area contributed by atoms with Gasteiger partial charge in [-0.05, 0) is 84.0 Å². The lowest BCUT2D eigenvalue weighted by Crippen LogP contribution is -2.61. The second kappa shape index (κ2) is 36.3. The molecule has 4 rings (SSSR count). The van der Waals surface area contributed by atoms with Crippen LogP contribution < -0.4 is 71.2 Å². The van der Waals surface area contributed by atoms with Gasteiger partial charge in [0.1, 0.15) is 59.8 Å². The van der Waals surface area contributed by atoms with Gasteiger partial charge in [0, 0.05) is 32.2 Å². The molecule has 0 fully saturated rings. The Balaban J connectivity index is 1.67. The van der Waals surface area contributed by atoms with Crippen molar-refractivity contribution in [1.82, 2.24) is 42.5 Å². The zero-order chi connectivity index (χ0) is 66.6. The molecule has 0 saturated carbocycles. The monoisotopic (exact) mass is 1250 g/mol. The number of nitrogens with two attached hydrogens (primary N) is 5. The van der Waals surface area contributed by atoms with Crippen molar-refractivity contribution in [2.45, 2.75) is 146 Å². The van der Waals surface area contributed by atoms with Gasteiger partial charge >= 0.3 is 5.97 Å². The number of benzene rings is 4. The van der Waals surface area contributed by atoms with Crippen LogP contribution >= 0.6 is 0 Å². The van der Waals surface area contributed by atoms with Crippen molar-refractivity contribution in [3.63, 3.8) is 0 Å². The van der Waals surface area contributed by atoms with Gasteiger partial charge in [-0.1, -0.05) is 113 Å². The van der Waals surface area contributed by atoms with Crippen LogP contribution in [-0.2, 0) is 78.4 Å². The standard InChI is InChI=1S/C62H84N14O14/c1-34(2)26-44(72-59(87)48(30-39-19-23-41(78)24-20-39)74-60(88)49(33-52(65)80)75-58(86)46(29-38-17-21-40(77)22-18-38)70-53(81)42(63)32-51(64)79)55(83)73-47(28-36-12-7-5-8-13-36)57(85)69-43(16-11-25-68-62(66)67)54(82)71-45(27-35(3)4)56(84)76-50(61(89)90)31-37-14-9-6-10-15-37/h5-10,12-15,17-24,34-35,42-50,77-78H,11,16,25-33,63H2,1-4H3,(H2,64,79)(H2,65,80)(H,69,85)(H,70,81)(H,71,82)(H,72,87)(H,73,83)(H,74,88)(H,75,86)(H,76,84)(H,89,90)(H4,66,67,68)/t42-,43-,44-,45-,46-,47-,48-,49-,50-/m0/s1. The Bertz CT molecular complexity index is 3110. The summed E-state index contributed by atoms with van der Waals surface area (Å²) in [6.45, 7) is 7.11. The van der Waals surface area contributed by atoms with Crippen molar-refractivity contribution >= 4 is 71.0 Å². The fourth-order valence-corrected chi connectivity index (χ4v) is 9.35. The first-order valence-corrected chi connectivity index (χ1v) is 29.2. The van der Waals surface area contributed by atoms with Crippen LogP contribution in [0.4, 0.5) is 0 Å². The number of amides is 10. The van der Waals surface area contributed by atoms with E-state index in [0.29, 0.717) is 22.3 Å². The van der Waals surface area contributed by atoms with E-state index in [4.69, 9.17) is 28.7 Å². The Kier molecular flexibility index (Phi) is 29.1. The second-order valence-corrected chi connectivity index (χ2v) is 22.6. The molecule has 4 aromatic rings. The summed E-state index contributed by atoms with van der Waals surface area (Å²) in [5.74, 6) is -11.8. The average Bonchev–Trinajstić information content (AvgIpc) is 2.19. The Labute approximate surface area is 521 Å². The molecule has 0 aliphatic carbocycles. The van der Waals surface area contributed by atoms with Crippen LogP contribution in [0.3, 0.4) is 0 Å². The normalized spacial score (nSPS) is 14.0. The average molecular weight is 1250 g/mol. The second-order valence-electron chi connectivity index (χ2n) is 22.6. The summed E-state index contributed by atoms with van der Waals surface area (Å²) in [6.07, 6.45) is -2.21. The summed E-state index contributed by atoms with van der Waals surface area (Å²) in [6, 6.07) is 14.7. The van der Waals surface area contributed by atoms with Crippen molar-refractivity contribution in [3.8, 4) is 11.5 Å². The Hall–Kier alpha value is -10.1. The Morgan fingerprint density at radius 3 is 1.09 bits per heavy atom. The number of carbonyl (C=O) groups is 11. The van der Waals surface area contributed by atoms with Crippen LogP contribution in [0, 0.1) is 11.8 Å². The molecule has 0 aromatic heterocycles. The third kappa shape index (κ3) is 26.1. The first kappa shape index (κ1) is 72.4. The lowest BCUT2D eigenvalue weighted by molar-refractivity contribution is -0.142. The van der Waals surface area contributed by atoms with E-state index in [0.717, 1.165) is 0 Å². The van der Waals surface area contributed by atoms with Crippen LogP contribution in [0.1, 0.15) is 88.5 Å². The van der Waals surface area contributed by atoms with Crippen LogP contribution in [0.2, 0.25) is 0 Å². The molecule has 0 unspecified atom stereocenters. The van der Waals surface area contributed by atoms with E-state index in [-0.39, 0.29) is 87.2 Å². The van der Waals surface area contributed by atoms with Crippen molar-refractivity contribution in [3.05, 3.63) is 131 Å². The number of guanidine groups is 1. The lowest BCUT2D eigenvalue weighted by Gasteiger charge is -2.29. The van der Waals surface area contributed by atoms with Crippen molar-refractivity contribution < 1.29 is 68.1 Å². The number of aliphatic carboxylic acids is 1. The molecule has 0 bridgehead atoms. The van der Waals surface area contributed by atoms with E-state index in [9.17, 15) is 68.1 Å². The highest BCUT2D eigenvalue weighted by Crippen LogP contribution is 2.17. The number of hydrogen-bond acceptors (Lipinski definition) is 15. The maximum absolute atomic E-state index is 14.8. The molecule has 90 heavy (non-hydrogen) atoms. The number of phenols is 2. The SMILES string of the molecule is CC(C)C[C@H](NC(=O)[C@H](CCCN=C(N)N)NC(=O)[C@H](Cc1ccccc1)NC(=O)[C@H](CC(C)C)NC(=O)[C@H](Cc1ccc(O)cc1)NC(=O)[C@H](CC(N)=O)NC(=O)[C@H](Cc1ccc(O)cc1)NC(=O)[C@@H](N)CC(N)=O)C(=O)N[C@@H](Cc1ccccc1)C(=O)O. The highest BCUT2D eigenvalue weighted by atomic mass is 16.4. The van der Waals surface area contributed by atoms with Gasteiger partial charge in [0.25, 0.3) is 0 Å². The van der Waals surface area contributed by atoms with Gasteiger partial charge in [-0.25, -0.2) is 4.79 Å². The van der Waals surface area contributed by atoms with Crippen molar-refractivity contribution in [1.29, 1.82) is 0 Å². The zero-order valence-corrected chi connectivity index (χ0v) is 50.7. The molecule has 9 atom stereocenters. The summed E-state index contributed by atoms with van der Waals surface area (Å²) in [5.41, 5.74) is 29.8. The number of carbonyl (C=O) groups excluding carboxylic acids is 10. The van der Waals surface area contributed by atoms with Crippen LogP contribution in [0.5, 0.6) is 11.5 Å². The minimum Gasteiger partial charge on any atom is -0.508 e. The third-order valence-electron chi connectivity index (χ3n) is 13.9. The summed E-state index contributed by atoms with van der Waals surface area (Å²) >= 11 is 0. The first-order chi connectivity index (χ1) is 42.6. The molecule has 0 saturated heterocycles. The van der Waals surface area contributed by atoms with Crippen LogP contribution in [0.25, 0.3) is 0 Å². The highest BCUT2D eigenvalue weighted by Gasteiger charge is 2.36. The van der Waals surface area contributed by atoms with E-state index in [1.165, 1.54) is 48.5 Å². The number of phenolic OH excluding ortho intramolecular Hbond substituents is 2. The smallest absolute Gasteiger partial charge is 0.326 e.